The highest BCUT2D eigenvalue weighted by atomic mass is 19.1. The average molecular weight is 322 g/mol. The fraction of sp³-hybridized carbons (Fsp3) is 0.158. The molecule has 2 N–H and O–H groups in total. The molecule has 0 bridgehead atoms. The Morgan fingerprint density at radius 3 is 2.12 bits per heavy atom. The Kier molecular flexibility index (Phi) is 4.70. The number of hydrogen-bond acceptors (Lipinski definition) is 4. The number of benzene rings is 2. The second kappa shape index (κ2) is 7.08. The summed E-state index contributed by atoms with van der Waals surface area (Å²) in [5.74, 6) is 1.50. The van der Waals surface area contributed by atoms with E-state index in [2.05, 4.69) is 33.6 Å². The fourth-order valence-corrected chi connectivity index (χ4v) is 2.48. The van der Waals surface area contributed by atoms with Gasteiger partial charge in [-0.2, -0.15) is 0 Å². The zero-order chi connectivity index (χ0) is 16.9. The minimum Gasteiger partial charge on any atom is -0.340 e. The molecule has 2 aromatic carbocycles. The lowest BCUT2D eigenvalue weighted by Crippen LogP contribution is -2.03. The molecule has 0 fully saturated rings. The van der Waals surface area contributed by atoms with Crippen LogP contribution in [0.4, 0.5) is 27.4 Å². The molecule has 0 atom stereocenters. The maximum atomic E-state index is 13.8. The summed E-state index contributed by atoms with van der Waals surface area (Å²) >= 11 is 0. The second-order valence-corrected chi connectivity index (χ2v) is 5.43. The van der Waals surface area contributed by atoms with Gasteiger partial charge in [-0.15, -0.1) is 0 Å². The maximum Gasteiger partial charge on any atom is 0.146 e. The Bertz CT molecular complexity index is 848. The molecule has 5 heteroatoms. The highest BCUT2D eigenvalue weighted by molar-refractivity contribution is 5.65. The Hall–Kier alpha value is -2.95. The molecule has 1 heterocycles. The van der Waals surface area contributed by atoms with Crippen LogP contribution < -0.4 is 10.6 Å². The summed E-state index contributed by atoms with van der Waals surface area (Å²) < 4.78 is 13.8. The topological polar surface area (TPSA) is 49.8 Å². The van der Waals surface area contributed by atoms with Crippen LogP contribution in [0.25, 0.3) is 0 Å². The molecule has 0 aliphatic heterocycles. The van der Waals surface area contributed by atoms with Gasteiger partial charge in [-0.1, -0.05) is 37.3 Å². The van der Waals surface area contributed by atoms with Crippen molar-refractivity contribution in [3.05, 3.63) is 71.8 Å². The third kappa shape index (κ3) is 3.68. The van der Waals surface area contributed by atoms with Crippen molar-refractivity contribution in [1.29, 1.82) is 0 Å². The summed E-state index contributed by atoms with van der Waals surface area (Å²) in [6.45, 7) is 3.92. The molecule has 0 amide bonds. The van der Waals surface area contributed by atoms with Gasteiger partial charge in [-0.3, -0.25) is 0 Å². The number of nitrogens with zero attached hydrogens (tertiary/aromatic N) is 2. The van der Waals surface area contributed by atoms with Gasteiger partial charge in [0.15, 0.2) is 0 Å². The van der Waals surface area contributed by atoms with Gasteiger partial charge in [0, 0.05) is 11.8 Å². The first-order valence-electron chi connectivity index (χ1n) is 7.88. The lowest BCUT2D eigenvalue weighted by molar-refractivity contribution is 0.632. The number of rotatable bonds is 5. The third-order valence-electron chi connectivity index (χ3n) is 3.64. The van der Waals surface area contributed by atoms with Gasteiger partial charge in [0.2, 0.25) is 0 Å². The van der Waals surface area contributed by atoms with Crippen molar-refractivity contribution in [2.24, 2.45) is 0 Å². The van der Waals surface area contributed by atoms with Crippen LogP contribution in [-0.2, 0) is 6.42 Å². The molecule has 0 unspecified atom stereocenters. The third-order valence-corrected chi connectivity index (χ3v) is 3.64. The molecule has 3 rings (SSSR count). The average Bonchev–Trinajstić information content (AvgIpc) is 2.57. The summed E-state index contributed by atoms with van der Waals surface area (Å²) in [5.41, 5.74) is 2.60. The zero-order valence-electron chi connectivity index (χ0n) is 13.7. The molecule has 0 spiro atoms. The van der Waals surface area contributed by atoms with Crippen molar-refractivity contribution in [3.8, 4) is 0 Å². The highest BCUT2D eigenvalue weighted by Crippen LogP contribution is 2.24. The lowest BCUT2D eigenvalue weighted by Gasteiger charge is -2.13. The molecule has 0 saturated carbocycles. The first-order valence-corrected chi connectivity index (χ1v) is 7.88. The van der Waals surface area contributed by atoms with Gasteiger partial charge in [-0.25, -0.2) is 14.4 Å². The molecular weight excluding hydrogens is 303 g/mol. The van der Waals surface area contributed by atoms with Gasteiger partial charge in [0.05, 0.1) is 5.69 Å². The van der Waals surface area contributed by atoms with E-state index in [9.17, 15) is 4.39 Å². The van der Waals surface area contributed by atoms with E-state index in [0.717, 1.165) is 12.1 Å². The molecule has 0 aliphatic carbocycles. The largest absolute Gasteiger partial charge is 0.340 e. The number of anilines is 4. The molecule has 122 valence electrons. The van der Waals surface area contributed by atoms with Crippen molar-refractivity contribution in [1.82, 2.24) is 9.97 Å². The second-order valence-electron chi connectivity index (χ2n) is 5.43. The van der Waals surface area contributed by atoms with Crippen LogP contribution in [0.2, 0.25) is 0 Å². The first kappa shape index (κ1) is 15.9. The summed E-state index contributed by atoms with van der Waals surface area (Å²) in [7, 11) is 0. The van der Waals surface area contributed by atoms with Crippen LogP contribution in [0.15, 0.2) is 54.6 Å². The van der Waals surface area contributed by atoms with E-state index in [1.54, 1.807) is 24.3 Å². The molecule has 0 saturated heterocycles. The van der Waals surface area contributed by atoms with E-state index in [0.29, 0.717) is 23.1 Å². The number of nitrogens with one attached hydrogen (secondary N) is 2. The lowest BCUT2D eigenvalue weighted by atomic mass is 10.1. The van der Waals surface area contributed by atoms with Crippen LogP contribution >= 0.6 is 0 Å². The molecule has 1 aromatic heterocycles. The summed E-state index contributed by atoms with van der Waals surface area (Å²) in [6, 6.07) is 16.4. The number of halogens is 1. The van der Waals surface area contributed by atoms with Crippen molar-refractivity contribution in [2.75, 3.05) is 10.6 Å². The SMILES string of the molecule is CCc1ccccc1Nc1cc(Nc2ccccc2F)nc(C)n1. The zero-order valence-corrected chi connectivity index (χ0v) is 13.7. The van der Waals surface area contributed by atoms with Gasteiger partial charge >= 0.3 is 0 Å². The Morgan fingerprint density at radius 2 is 1.46 bits per heavy atom. The van der Waals surface area contributed by atoms with Gasteiger partial charge in [0.25, 0.3) is 0 Å². The monoisotopic (exact) mass is 322 g/mol. The van der Waals surface area contributed by atoms with Crippen molar-refractivity contribution >= 4 is 23.0 Å². The summed E-state index contributed by atoms with van der Waals surface area (Å²) in [5, 5.41) is 6.32. The number of aryl methyl sites for hydroxylation is 2. The molecular formula is C19H19FN4. The molecule has 4 nitrogen and oxygen atoms in total. The van der Waals surface area contributed by atoms with E-state index in [1.807, 2.05) is 25.1 Å². The van der Waals surface area contributed by atoms with Crippen LogP contribution in [0.5, 0.6) is 0 Å². The van der Waals surface area contributed by atoms with E-state index in [-0.39, 0.29) is 5.82 Å². The first-order chi connectivity index (χ1) is 11.7. The number of aromatic nitrogens is 2. The van der Waals surface area contributed by atoms with E-state index >= 15 is 0 Å². The Balaban J connectivity index is 1.88. The van der Waals surface area contributed by atoms with Crippen molar-refractivity contribution in [3.63, 3.8) is 0 Å². The normalized spacial score (nSPS) is 10.5. The smallest absolute Gasteiger partial charge is 0.146 e. The predicted octanol–water partition coefficient (Wildman–Crippen LogP) is 4.97. The summed E-state index contributed by atoms with van der Waals surface area (Å²) in [6.07, 6.45) is 0.924. The van der Waals surface area contributed by atoms with Gasteiger partial charge in [0.1, 0.15) is 23.3 Å². The van der Waals surface area contributed by atoms with E-state index < -0.39 is 0 Å². The van der Waals surface area contributed by atoms with Crippen LogP contribution in [0.3, 0.4) is 0 Å². The molecule has 0 aliphatic rings. The molecule has 24 heavy (non-hydrogen) atoms. The standard InChI is InChI=1S/C19H19FN4/c1-3-14-8-4-6-10-16(14)23-18-12-19(22-13(2)21-18)24-17-11-7-5-9-15(17)20/h4-12H,3H2,1-2H3,(H2,21,22,23,24). The predicted molar refractivity (Wildman–Crippen MR) is 95.6 cm³/mol. The van der Waals surface area contributed by atoms with Crippen LogP contribution in [-0.4, -0.2) is 9.97 Å². The Morgan fingerprint density at radius 1 is 0.875 bits per heavy atom. The van der Waals surface area contributed by atoms with Crippen LogP contribution in [0.1, 0.15) is 18.3 Å². The minimum atomic E-state index is -0.320. The van der Waals surface area contributed by atoms with Crippen molar-refractivity contribution in [2.45, 2.75) is 20.3 Å². The van der Waals surface area contributed by atoms with E-state index in [1.165, 1.54) is 11.6 Å². The Labute approximate surface area is 140 Å². The fourth-order valence-electron chi connectivity index (χ4n) is 2.48. The van der Waals surface area contributed by atoms with Gasteiger partial charge < -0.3 is 10.6 Å². The number of hydrogen-bond donors (Lipinski definition) is 2. The number of para-hydroxylation sites is 2. The van der Waals surface area contributed by atoms with Gasteiger partial charge in [-0.05, 0) is 37.1 Å². The van der Waals surface area contributed by atoms with Crippen molar-refractivity contribution < 1.29 is 4.39 Å². The van der Waals surface area contributed by atoms with E-state index in [4.69, 9.17) is 0 Å². The maximum absolute atomic E-state index is 13.8. The summed E-state index contributed by atoms with van der Waals surface area (Å²) in [4.78, 5) is 8.74. The molecule has 0 radical (unpaired) electrons. The molecule has 3 aromatic rings. The minimum absolute atomic E-state index is 0.320. The highest BCUT2D eigenvalue weighted by Gasteiger charge is 2.07. The van der Waals surface area contributed by atoms with Crippen LogP contribution in [0, 0.1) is 12.7 Å². The quantitative estimate of drug-likeness (QED) is 0.696.